The highest BCUT2D eigenvalue weighted by Crippen LogP contribution is 2.24. The van der Waals surface area contributed by atoms with Gasteiger partial charge in [0.15, 0.2) is 0 Å². The maximum absolute atomic E-state index is 13.3. The fourth-order valence-corrected chi connectivity index (χ4v) is 5.00. The third kappa shape index (κ3) is 4.25. The first-order chi connectivity index (χ1) is 14.0. The van der Waals surface area contributed by atoms with Crippen LogP contribution in [0.2, 0.25) is 0 Å². The Hall–Kier alpha value is -2.14. The Morgan fingerprint density at radius 1 is 1.03 bits per heavy atom. The number of hydrogen-bond acceptors (Lipinski definition) is 3. The lowest BCUT2D eigenvalue weighted by Gasteiger charge is -2.38. The third-order valence-corrected chi connectivity index (χ3v) is 6.73. The number of carbonyl (C=O) groups is 1. The van der Waals surface area contributed by atoms with E-state index in [2.05, 4.69) is 35.8 Å². The van der Waals surface area contributed by atoms with Crippen molar-refractivity contribution in [1.82, 2.24) is 19.6 Å². The second kappa shape index (κ2) is 8.70. The van der Waals surface area contributed by atoms with E-state index in [0.717, 1.165) is 48.6 Å². The van der Waals surface area contributed by atoms with Crippen LogP contribution in [0.15, 0.2) is 24.3 Å². The number of carbonyl (C=O) groups excluding carboxylic acids is 1. The number of para-hydroxylation sites is 1. The van der Waals surface area contributed by atoms with Crippen LogP contribution in [-0.2, 0) is 11.2 Å². The first-order valence-electron chi connectivity index (χ1n) is 11.2. The summed E-state index contributed by atoms with van der Waals surface area (Å²) < 4.78 is 2.01. The van der Waals surface area contributed by atoms with Crippen molar-refractivity contribution < 1.29 is 4.79 Å². The largest absolute Gasteiger partial charge is 0.338 e. The van der Waals surface area contributed by atoms with Crippen molar-refractivity contribution in [2.75, 3.05) is 26.2 Å². The van der Waals surface area contributed by atoms with Crippen LogP contribution in [0.3, 0.4) is 0 Å². The lowest BCUT2D eigenvalue weighted by atomic mass is 10.00. The second-order valence-corrected chi connectivity index (χ2v) is 8.77. The van der Waals surface area contributed by atoms with E-state index in [1.165, 1.54) is 37.9 Å². The molecule has 0 unspecified atom stereocenters. The van der Waals surface area contributed by atoms with Gasteiger partial charge in [-0.3, -0.25) is 4.79 Å². The molecule has 2 aliphatic rings. The van der Waals surface area contributed by atoms with Crippen molar-refractivity contribution in [3.8, 4) is 5.69 Å². The highest BCUT2D eigenvalue weighted by atomic mass is 16.2. The minimum absolute atomic E-state index is 0.268. The van der Waals surface area contributed by atoms with E-state index in [-0.39, 0.29) is 5.91 Å². The minimum Gasteiger partial charge on any atom is -0.338 e. The molecule has 1 aromatic carbocycles. The van der Waals surface area contributed by atoms with Crippen LogP contribution in [0.1, 0.15) is 54.6 Å². The van der Waals surface area contributed by atoms with Crippen molar-refractivity contribution >= 4 is 5.91 Å². The lowest BCUT2D eigenvalue weighted by Crippen LogP contribution is -2.49. The summed E-state index contributed by atoms with van der Waals surface area (Å²) in [5, 5.41) is 4.78. The summed E-state index contributed by atoms with van der Waals surface area (Å²) in [6, 6.07) is 8.66. The molecular weight excluding hydrogens is 360 g/mol. The van der Waals surface area contributed by atoms with Crippen molar-refractivity contribution in [1.29, 1.82) is 0 Å². The van der Waals surface area contributed by atoms with Gasteiger partial charge < -0.3 is 9.80 Å². The molecule has 2 fully saturated rings. The Morgan fingerprint density at radius 2 is 1.76 bits per heavy atom. The Labute approximate surface area is 174 Å². The van der Waals surface area contributed by atoms with Crippen LogP contribution in [-0.4, -0.2) is 57.7 Å². The molecule has 5 heteroatoms. The number of nitrogens with zero attached hydrogens (tertiary/aromatic N) is 4. The van der Waals surface area contributed by atoms with Gasteiger partial charge in [-0.1, -0.05) is 18.2 Å². The van der Waals surface area contributed by atoms with E-state index in [9.17, 15) is 4.79 Å². The van der Waals surface area contributed by atoms with E-state index in [0.29, 0.717) is 12.5 Å². The fraction of sp³-hybridized carbons (Fsp3) is 0.583. The molecule has 5 nitrogen and oxygen atoms in total. The van der Waals surface area contributed by atoms with E-state index in [1.54, 1.807) is 0 Å². The topological polar surface area (TPSA) is 41.4 Å². The number of likely N-dealkylation sites (tertiary alicyclic amines) is 2. The standard InChI is InChI=1S/C24H34N4O/c1-18-10-4-5-12-23(18)28-20(3)22(19(2)25-28)16-24(29)27-15-7-6-11-21(27)17-26-13-8-9-14-26/h4-5,10,12,21H,6-9,11,13-17H2,1-3H3/t21-/m0/s1. The van der Waals surface area contributed by atoms with Gasteiger partial charge in [-0.2, -0.15) is 5.10 Å². The van der Waals surface area contributed by atoms with Crippen LogP contribution >= 0.6 is 0 Å². The number of aromatic nitrogens is 2. The van der Waals surface area contributed by atoms with Crippen LogP contribution in [0.25, 0.3) is 5.69 Å². The van der Waals surface area contributed by atoms with Gasteiger partial charge in [0.2, 0.25) is 5.91 Å². The Morgan fingerprint density at radius 3 is 2.52 bits per heavy atom. The Bertz CT molecular complexity index is 866. The summed E-state index contributed by atoms with van der Waals surface area (Å²) in [7, 11) is 0. The number of piperidine rings is 1. The van der Waals surface area contributed by atoms with Gasteiger partial charge in [0.05, 0.1) is 17.8 Å². The third-order valence-electron chi connectivity index (χ3n) is 6.73. The predicted molar refractivity (Wildman–Crippen MR) is 117 cm³/mol. The minimum atomic E-state index is 0.268. The number of benzene rings is 1. The number of aryl methyl sites for hydroxylation is 2. The summed E-state index contributed by atoms with van der Waals surface area (Å²) in [5.41, 5.74) is 5.42. The molecule has 4 rings (SSSR count). The first kappa shape index (κ1) is 20.1. The van der Waals surface area contributed by atoms with E-state index >= 15 is 0 Å². The summed E-state index contributed by atoms with van der Waals surface area (Å²) in [5.74, 6) is 0.268. The summed E-state index contributed by atoms with van der Waals surface area (Å²) in [4.78, 5) is 18.1. The van der Waals surface area contributed by atoms with Crippen molar-refractivity contribution in [2.45, 2.75) is 65.3 Å². The molecule has 3 heterocycles. The fourth-order valence-electron chi connectivity index (χ4n) is 5.00. The Balaban J connectivity index is 1.52. The molecule has 156 valence electrons. The molecule has 0 spiro atoms. The Kier molecular flexibility index (Phi) is 6.04. The molecule has 1 amide bonds. The molecular formula is C24H34N4O. The van der Waals surface area contributed by atoms with Gasteiger partial charge in [0.25, 0.3) is 0 Å². The number of amides is 1. The SMILES string of the molecule is Cc1ccccc1-n1nc(C)c(CC(=O)N2CCCC[C@H]2CN2CCCC2)c1C. The molecule has 0 saturated carbocycles. The second-order valence-electron chi connectivity index (χ2n) is 8.77. The van der Waals surface area contributed by atoms with Gasteiger partial charge in [-0.15, -0.1) is 0 Å². The van der Waals surface area contributed by atoms with Gasteiger partial charge in [-0.25, -0.2) is 4.68 Å². The molecule has 1 atom stereocenters. The zero-order chi connectivity index (χ0) is 20.4. The zero-order valence-corrected chi connectivity index (χ0v) is 18.2. The average Bonchev–Trinajstić information content (AvgIpc) is 3.32. The van der Waals surface area contributed by atoms with Gasteiger partial charge in [0.1, 0.15) is 0 Å². The zero-order valence-electron chi connectivity index (χ0n) is 18.2. The highest BCUT2D eigenvalue weighted by Gasteiger charge is 2.30. The van der Waals surface area contributed by atoms with E-state index in [1.807, 2.05) is 23.7 Å². The molecule has 2 saturated heterocycles. The molecule has 29 heavy (non-hydrogen) atoms. The number of rotatable bonds is 5. The van der Waals surface area contributed by atoms with Crippen LogP contribution in [0.5, 0.6) is 0 Å². The summed E-state index contributed by atoms with van der Waals surface area (Å²) >= 11 is 0. The summed E-state index contributed by atoms with van der Waals surface area (Å²) in [6.07, 6.45) is 6.57. The van der Waals surface area contributed by atoms with Crippen LogP contribution in [0.4, 0.5) is 0 Å². The van der Waals surface area contributed by atoms with E-state index in [4.69, 9.17) is 5.10 Å². The van der Waals surface area contributed by atoms with Crippen molar-refractivity contribution in [3.63, 3.8) is 0 Å². The molecule has 0 aliphatic carbocycles. The average molecular weight is 395 g/mol. The maximum Gasteiger partial charge on any atom is 0.227 e. The number of hydrogen-bond donors (Lipinski definition) is 0. The van der Waals surface area contributed by atoms with Crippen LogP contribution < -0.4 is 0 Å². The highest BCUT2D eigenvalue weighted by molar-refractivity contribution is 5.80. The van der Waals surface area contributed by atoms with Gasteiger partial charge in [0, 0.05) is 30.4 Å². The molecule has 0 N–H and O–H groups in total. The smallest absolute Gasteiger partial charge is 0.227 e. The molecule has 2 aliphatic heterocycles. The van der Waals surface area contributed by atoms with Gasteiger partial charge in [-0.05, 0) is 77.6 Å². The lowest BCUT2D eigenvalue weighted by molar-refractivity contribution is -0.134. The molecule has 0 radical (unpaired) electrons. The quantitative estimate of drug-likeness (QED) is 0.774. The van der Waals surface area contributed by atoms with E-state index < -0.39 is 0 Å². The monoisotopic (exact) mass is 394 g/mol. The van der Waals surface area contributed by atoms with Crippen LogP contribution in [0, 0.1) is 20.8 Å². The van der Waals surface area contributed by atoms with Gasteiger partial charge >= 0.3 is 0 Å². The predicted octanol–water partition coefficient (Wildman–Crippen LogP) is 3.82. The molecule has 0 bridgehead atoms. The van der Waals surface area contributed by atoms with Crippen molar-refractivity contribution in [3.05, 3.63) is 46.8 Å². The molecule has 2 aromatic rings. The van der Waals surface area contributed by atoms with Crippen molar-refractivity contribution in [2.24, 2.45) is 0 Å². The maximum atomic E-state index is 13.3. The first-order valence-corrected chi connectivity index (χ1v) is 11.2. The summed E-state index contributed by atoms with van der Waals surface area (Å²) in [6.45, 7) is 10.6. The normalized spacial score (nSPS) is 20.4. The molecule has 1 aromatic heterocycles.